The van der Waals surface area contributed by atoms with Gasteiger partial charge in [-0.3, -0.25) is 10.1 Å². The minimum Gasteiger partial charge on any atom is -0.457 e. The van der Waals surface area contributed by atoms with Crippen molar-refractivity contribution in [3.8, 4) is 11.5 Å². The van der Waals surface area contributed by atoms with E-state index in [1.54, 1.807) is 42.5 Å². The molecule has 2 N–H and O–H groups in total. The first-order valence-corrected chi connectivity index (χ1v) is 11.2. The van der Waals surface area contributed by atoms with Crippen molar-refractivity contribution in [3.63, 3.8) is 0 Å². The van der Waals surface area contributed by atoms with E-state index in [2.05, 4.69) is 15.0 Å². The fourth-order valence-corrected chi connectivity index (χ4v) is 4.50. The third-order valence-corrected chi connectivity index (χ3v) is 6.61. The van der Waals surface area contributed by atoms with Gasteiger partial charge in [-0.05, 0) is 49.5 Å². The van der Waals surface area contributed by atoms with E-state index in [9.17, 15) is 13.2 Å². The molecule has 1 amide bonds. The van der Waals surface area contributed by atoms with Gasteiger partial charge in [0.05, 0.1) is 20.7 Å². The number of carbonyl (C=O) groups excluding carboxylic acids is 1. The maximum Gasteiger partial charge on any atom is 0.261 e. The molecule has 0 radical (unpaired) electrons. The van der Waals surface area contributed by atoms with Crippen molar-refractivity contribution < 1.29 is 17.9 Å². The van der Waals surface area contributed by atoms with Crippen molar-refractivity contribution in [2.45, 2.75) is 4.90 Å². The predicted molar refractivity (Wildman–Crippen MR) is 117 cm³/mol. The molecule has 0 unspecified atom stereocenters. The molecule has 0 fully saturated rings. The molecule has 0 aliphatic carbocycles. The molecule has 9 heteroatoms. The average molecular weight is 440 g/mol. The average Bonchev–Trinajstić information content (AvgIpc) is 3.16. The third-order valence-electron chi connectivity index (χ3n) is 4.26. The number of aromatic nitrogens is 1. The molecule has 4 aromatic rings. The van der Waals surface area contributed by atoms with Crippen molar-refractivity contribution in [1.29, 1.82) is 0 Å². The quantitative estimate of drug-likeness (QED) is 0.468. The summed E-state index contributed by atoms with van der Waals surface area (Å²) in [6.07, 6.45) is 0. The van der Waals surface area contributed by atoms with Gasteiger partial charge in [-0.15, -0.1) is 0 Å². The van der Waals surface area contributed by atoms with Gasteiger partial charge in [-0.1, -0.05) is 41.7 Å². The first kappa shape index (κ1) is 20.0. The number of hydrogen-bond donors (Lipinski definition) is 2. The number of sulfonamides is 1. The standard InChI is InChI=1S/C21H17N3O4S2/c1-22-30(26,27)15-11-12-17-19(13-15)29-21(23-17)24-20(25)16-9-5-6-10-18(16)28-14-7-3-2-4-8-14/h2-13,22H,1H3,(H,23,24,25). The van der Waals surface area contributed by atoms with Gasteiger partial charge >= 0.3 is 0 Å². The Morgan fingerprint density at radius 3 is 2.50 bits per heavy atom. The Bertz CT molecular complexity index is 1320. The number of amides is 1. The Morgan fingerprint density at radius 2 is 1.73 bits per heavy atom. The molecule has 0 atom stereocenters. The first-order valence-electron chi connectivity index (χ1n) is 8.94. The van der Waals surface area contributed by atoms with Crippen LogP contribution in [0, 0.1) is 0 Å². The zero-order valence-electron chi connectivity index (χ0n) is 15.8. The van der Waals surface area contributed by atoms with Gasteiger partial charge in [0.15, 0.2) is 5.13 Å². The van der Waals surface area contributed by atoms with Gasteiger partial charge in [-0.2, -0.15) is 0 Å². The van der Waals surface area contributed by atoms with Crippen molar-refractivity contribution in [1.82, 2.24) is 9.71 Å². The van der Waals surface area contributed by atoms with E-state index < -0.39 is 10.0 Å². The molecule has 30 heavy (non-hydrogen) atoms. The van der Waals surface area contributed by atoms with Crippen LogP contribution in [0.4, 0.5) is 5.13 Å². The van der Waals surface area contributed by atoms with E-state index >= 15 is 0 Å². The van der Waals surface area contributed by atoms with E-state index in [0.717, 1.165) is 0 Å². The van der Waals surface area contributed by atoms with Crippen molar-refractivity contribution in [2.75, 3.05) is 12.4 Å². The van der Waals surface area contributed by atoms with Gasteiger partial charge in [0.25, 0.3) is 5.91 Å². The van der Waals surface area contributed by atoms with Gasteiger partial charge in [0, 0.05) is 0 Å². The summed E-state index contributed by atoms with van der Waals surface area (Å²) < 4.78 is 32.8. The summed E-state index contributed by atoms with van der Waals surface area (Å²) in [7, 11) is -2.20. The van der Waals surface area contributed by atoms with E-state index in [0.29, 0.717) is 32.4 Å². The molecule has 0 aliphatic rings. The maximum atomic E-state index is 12.8. The zero-order chi connectivity index (χ0) is 21.1. The molecule has 0 aliphatic heterocycles. The van der Waals surface area contributed by atoms with Crippen LogP contribution in [0.25, 0.3) is 10.2 Å². The van der Waals surface area contributed by atoms with Crippen LogP contribution in [0.15, 0.2) is 77.7 Å². The Hall–Kier alpha value is -3.27. The van der Waals surface area contributed by atoms with Crippen LogP contribution in [0.1, 0.15) is 10.4 Å². The number of carbonyl (C=O) groups is 1. The van der Waals surface area contributed by atoms with E-state index in [-0.39, 0.29) is 10.8 Å². The lowest BCUT2D eigenvalue weighted by Gasteiger charge is -2.10. The van der Waals surface area contributed by atoms with Gasteiger partial charge in [0.1, 0.15) is 11.5 Å². The monoisotopic (exact) mass is 439 g/mol. The van der Waals surface area contributed by atoms with Gasteiger partial charge < -0.3 is 4.74 Å². The second kappa shape index (κ2) is 8.23. The van der Waals surface area contributed by atoms with Crippen LogP contribution >= 0.6 is 11.3 Å². The number of benzene rings is 3. The highest BCUT2D eigenvalue weighted by atomic mass is 32.2. The number of para-hydroxylation sites is 2. The summed E-state index contributed by atoms with van der Waals surface area (Å²) in [5.74, 6) is 0.671. The zero-order valence-corrected chi connectivity index (χ0v) is 17.5. The minimum atomic E-state index is -3.56. The van der Waals surface area contributed by atoms with Gasteiger partial charge in [-0.25, -0.2) is 18.1 Å². The van der Waals surface area contributed by atoms with Crippen LogP contribution in [0.3, 0.4) is 0 Å². The second-order valence-corrected chi connectivity index (χ2v) is 9.14. The summed E-state index contributed by atoms with van der Waals surface area (Å²) >= 11 is 1.19. The summed E-state index contributed by atoms with van der Waals surface area (Å²) in [6, 6.07) is 20.7. The molecule has 7 nitrogen and oxygen atoms in total. The van der Waals surface area contributed by atoms with Crippen molar-refractivity contribution in [2.24, 2.45) is 0 Å². The Morgan fingerprint density at radius 1 is 1.00 bits per heavy atom. The third kappa shape index (κ3) is 4.18. The number of ether oxygens (including phenoxy) is 1. The van der Waals surface area contributed by atoms with Crippen LogP contribution in [-0.4, -0.2) is 26.4 Å². The second-order valence-electron chi connectivity index (χ2n) is 6.22. The van der Waals surface area contributed by atoms with Gasteiger partial charge in [0.2, 0.25) is 10.0 Å². The van der Waals surface area contributed by atoms with Crippen molar-refractivity contribution >= 4 is 42.6 Å². The Kier molecular flexibility index (Phi) is 5.49. The number of nitrogens with zero attached hydrogens (tertiary/aromatic N) is 1. The maximum absolute atomic E-state index is 12.8. The highest BCUT2D eigenvalue weighted by molar-refractivity contribution is 7.89. The topological polar surface area (TPSA) is 97.4 Å². The van der Waals surface area contributed by atoms with Crippen LogP contribution in [-0.2, 0) is 10.0 Å². The number of hydrogen-bond acceptors (Lipinski definition) is 6. The molecule has 0 spiro atoms. The highest BCUT2D eigenvalue weighted by Gasteiger charge is 2.17. The number of nitrogens with one attached hydrogen (secondary N) is 2. The highest BCUT2D eigenvalue weighted by Crippen LogP contribution is 2.30. The number of fused-ring (bicyclic) bond motifs is 1. The summed E-state index contributed by atoms with van der Waals surface area (Å²) in [4.78, 5) is 17.4. The fourth-order valence-electron chi connectivity index (χ4n) is 2.77. The molecule has 0 saturated carbocycles. The predicted octanol–water partition coefficient (Wildman–Crippen LogP) is 4.25. The number of thiazole rings is 1. The molecule has 1 heterocycles. The lowest BCUT2D eigenvalue weighted by atomic mass is 10.2. The molecule has 3 aromatic carbocycles. The van der Waals surface area contributed by atoms with Crippen LogP contribution in [0.2, 0.25) is 0 Å². The molecular weight excluding hydrogens is 422 g/mol. The normalized spacial score (nSPS) is 11.4. The van der Waals surface area contributed by atoms with Crippen LogP contribution in [0.5, 0.6) is 11.5 Å². The molecule has 0 saturated heterocycles. The lowest BCUT2D eigenvalue weighted by Crippen LogP contribution is -2.18. The van der Waals surface area contributed by atoms with E-state index in [1.807, 2.05) is 18.2 Å². The summed E-state index contributed by atoms with van der Waals surface area (Å²) in [5.41, 5.74) is 0.957. The van der Waals surface area contributed by atoms with Crippen molar-refractivity contribution in [3.05, 3.63) is 78.4 Å². The van der Waals surface area contributed by atoms with Crippen LogP contribution < -0.4 is 14.8 Å². The summed E-state index contributed by atoms with van der Waals surface area (Å²) in [6.45, 7) is 0. The molecule has 0 bridgehead atoms. The minimum absolute atomic E-state index is 0.139. The molecule has 4 rings (SSSR count). The van der Waals surface area contributed by atoms with E-state index in [1.165, 1.54) is 30.5 Å². The smallest absolute Gasteiger partial charge is 0.261 e. The fraction of sp³-hybridized carbons (Fsp3) is 0.0476. The number of anilines is 1. The number of rotatable bonds is 6. The lowest BCUT2D eigenvalue weighted by molar-refractivity contribution is 0.102. The molecular formula is C21H17N3O4S2. The Balaban J connectivity index is 1.59. The Labute approximate surface area is 177 Å². The van der Waals surface area contributed by atoms with E-state index in [4.69, 9.17) is 4.74 Å². The first-order chi connectivity index (χ1) is 14.5. The molecule has 152 valence electrons. The largest absolute Gasteiger partial charge is 0.457 e. The molecule has 1 aromatic heterocycles. The summed E-state index contributed by atoms with van der Waals surface area (Å²) in [5, 5.41) is 3.13. The SMILES string of the molecule is CNS(=O)(=O)c1ccc2nc(NC(=O)c3ccccc3Oc3ccccc3)sc2c1.